The highest BCUT2D eigenvalue weighted by atomic mass is 79.9. The fraction of sp³-hybridized carbons (Fsp3) is 0.231. The molecule has 0 fully saturated rings. The van der Waals surface area contributed by atoms with Gasteiger partial charge in [0, 0.05) is 16.6 Å². The van der Waals surface area contributed by atoms with Gasteiger partial charge in [0.05, 0.1) is 6.54 Å². The third kappa shape index (κ3) is 4.03. The van der Waals surface area contributed by atoms with E-state index in [-0.39, 0.29) is 9.56 Å². The monoisotopic (exact) mass is 390 g/mol. The van der Waals surface area contributed by atoms with Crippen molar-refractivity contribution in [3.63, 3.8) is 0 Å². The van der Waals surface area contributed by atoms with Gasteiger partial charge in [-0.15, -0.1) is 11.8 Å². The van der Waals surface area contributed by atoms with Crippen molar-refractivity contribution in [1.29, 1.82) is 0 Å². The van der Waals surface area contributed by atoms with E-state index in [2.05, 4.69) is 26.0 Å². The molecule has 0 aliphatic heterocycles. The van der Waals surface area contributed by atoms with E-state index >= 15 is 0 Å². The normalized spacial score (nSPS) is 11.6. The summed E-state index contributed by atoms with van der Waals surface area (Å²) in [6.07, 6.45) is 1.93. The summed E-state index contributed by atoms with van der Waals surface area (Å²) >= 11 is 4.69. The van der Waals surface area contributed by atoms with Gasteiger partial charge in [-0.05, 0) is 47.4 Å². The van der Waals surface area contributed by atoms with Crippen molar-refractivity contribution in [3.8, 4) is 0 Å². The number of thioether (sulfide) groups is 1. The summed E-state index contributed by atoms with van der Waals surface area (Å²) in [5.74, 6) is 0.544. The molecule has 0 spiro atoms. The van der Waals surface area contributed by atoms with Crippen molar-refractivity contribution in [2.24, 2.45) is 0 Å². The van der Waals surface area contributed by atoms with Crippen LogP contribution in [-0.2, 0) is 16.6 Å². The van der Waals surface area contributed by atoms with Gasteiger partial charge in [-0.25, -0.2) is 8.42 Å². The summed E-state index contributed by atoms with van der Waals surface area (Å²) < 4.78 is 32.9. The van der Waals surface area contributed by atoms with Crippen LogP contribution in [0, 0.1) is 0 Å². The molecule has 0 saturated heterocycles. The quantitative estimate of drug-likeness (QED) is 0.740. The predicted octanol–water partition coefficient (Wildman–Crippen LogP) is 3.28. The van der Waals surface area contributed by atoms with Crippen molar-refractivity contribution in [2.45, 2.75) is 16.3 Å². The van der Waals surface area contributed by atoms with Crippen molar-refractivity contribution >= 4 is 43.4 Å². The standard InChI is InChI=1S/C13H15BrN2O3S2/c1-15-8-10-7-12(13(14)19-10)21(17,18)16-9-4-3-5-11(6-9)20-2/h3-7,15-16H,8H2,1-2H3. The molecule has 1 aromatic carbocycles. The maximum Gasteiger partial charge on any atom is 0.266 e. The summed E-state index contributed by atoms with van der Waals surface area (Å²) in [4.78, 5) is 1.07. The SMILES string of the molecule is CNCc1cc(S(=O)(=O)Nc2cccc(SC)c2)c(Br)o1. The number of benzene rings is 1. The zero-order valence-electron chi connectivity index (χ0n) is 11.5. The maximum absolute atomic E-state index is 12.4. The van der Waals surface area contributed by atoms with Crippen LogP contribution in [0.5, 0.6) is 0 Å². The zero-order chi connectivity index (χ0) is 15.5. The van der Waals surface area contributed by atoms with Crippen LogP contribution in [0.4, 0.5) is 5.69 Å². The summed E-state index contributed by atoms with van der Waals surface area (Å²) in [5, 5.41) is 2.91. The minimum absolute atomic E-state index is 0.0855. The molecule has 1 heterocycles. The lowest BCUT2D eigenvalue weighted by molar-refractivity contribution is 0.470. The second-order valence-electron chi connectivity index (χ2n) is 4.22. The van der Waals surface area contributed by atoms with Gasteiger partial charge in [-0.2, -0.15) is 0 Å². The number of halogens is 1. The molecule has 0 atom stereocenters. The molecule has 0 saturated carbocycles. The number of hydrogen-bond donors (Lipinski definition) is 2. The van der Waals surface area contributed by atoms with Gasteiger partial charge in [0.15, 0.2) is 4.67 Å². The van der Waals surface area contributed by atoms with Crippen LogP contribution < -0.4 is 10.0 Å². The molecular formula is C13H15BrN2O3S2. The Bertz CT molecular complexity index is 729. The van der Waals surface area contributed by atoms with Crippen LogP contribution in [0.3, 0.4) is 0 Å². The van der Waals surface area contributed by atoms with E-state index in [1.165, 1.54) is 6.07 Å². The van der Waals surface area contributed by atoms with Crippen LogP contribution in [0.25, 0.3) is 0 Å². The summed E-state index contributed by atoms with van der Waals surface area (Å²) in [5.41, 5.74) is 0.519. The average molecular weight is 391 g/mol. The van der Waals surface area contributed by atoms with Gasteiger partial charge in [0.1, 0.15) is 10.7 Å². The van der Waals surface area contributed by atoms with Crippen LogP contribution in [-0.4, -0.2) is 21.7 Å². The molecule has 21 heavy (non-hydrogen) atoms. The molecule has 0 amide bonds. The van der Waals surface area contributed by atoms with E-state index in [4.69, 9.17) is 4.42 Å². The maximum atomic E-state index is 12.4. The van der Waals surface area contributed by atoms with Crippen LogP contribution in [0.2, 0.25) is 0 Å². The summed E-state index contributed by atoms with van der Waals surface area (Å²) in [6.45, 7) is 0.454. The molecule has 1 aromatic heterocycles. The van der Waals surface area contributed by atoms with E-state index < -0.39 is 10.0 Å². The highest BCUT2D eigenvalue weighted by Gasteiger charge is 2.22. The smallest absolute Gasteiger partial charge is 0.266 e. The predicted molar refractivity (Wildman–Crippen MR) is 88.2 cm³/mol. The van der Waals surface area contributed by atoms with E-state index in [1.54, 1.807) is 37.0 Å². The number of anilines is 1. The van der Waals surface area contributed by atoms with Gasteiger partial charge in [0.25, 0.3) is 10.0 Å². The molecule has 0 radical (unpaired) electrons. The van der Waals surface area contributed by atoms with Gasteiger partial charge >= 0.3 is 0 Å². The Balaban J connectivity index is 2.29. The number of rotatable bonds is 6. The first-order chi connectivity index (χ1) is 9.96. The van der Waals surface area contributed by atoms with Crippen molar-refractivity contribution in [3.05, 3.63) is 40.8 Å². The van der Waals surface area contributed by atoms with E-state index in [9.17, 15) is 8.42 Å². The molecule has 2 aromatic rings. The Hall–Kier alpha value is -0.960. The van der Waals surface area contributed by atoms with Crippen molar-refractivity contribution in [2.75, 3.05) is 18.0 Å². The molecule has 2 rings (SSSR count). The first-order valence-corrected chi connectivity index (χ1v) is 9.56. The number of sulfonamides is 1. The van der Waals surface area contributed by atoms with Crippen LogP contribution in [0.15, 0.2) is 49.2 Å². The van der Waals surface area contributed by atoms with Crippen LogP contribution in [0.1, 0.15) is 5.76 Å². The molecule has 0 unspecified atom stereocenters. The Morgan fingerprint density at radius 1 is 1.33 bits per heavy atom. The zero-order valence-corrected chi connectivity index (χ0v) is 14.7. The third-order valence-corrected chi connectivity index (χ3v) is 5.63. The molecule has 8 heteroatoms. The number of furan rings is 1. The largest absolute Gasteiger partial charge is 0.451 e. The van der Waals surface area contributed by atoms with E-state index in [0.717, 1.165) is 4.90 Å². The lowest BCUT2D eigenvalue weighted by Gasteiger charge is -2.07. The molecule has 5 nitrogen and oxygen atoms in total. The average Bonchev–Trinajstić information content (AvgIpc) is 2.81. The van der Waals surface area contributed by atoms with Gasteiger partial charge in [-0.1, -0.05) is 6.07 Å². The first kappa shape index (κ1) is 16.4. The topological polar surface area (TPSA) is 71.3 Å². The molecule has 0 aliphatic rings. The molecule has 114 valence electrons. The van der Waals surface area contributed by atoms with E-state index in [1.807, 2.05) is 12.3 Å². The molecule has 2 N–H and O–H groups in total. The Kier molecular flexibility index (Phi) is 5.37. The molecule has 0 bridgehead atoms. The fourth-order valence-corrected chi connectivity index (χ4v) is 4.25. The Morgan fingerprint density at radius 3 is 2.76 bits per heavy atom. The number of hydrogen-bond acceptors (Lipinski definition) is 5. The highest BCUT2D eigenvalue weighted by Crippen LogP contribution is 2.28. The van der Waals surface area contributed by atoms with Gasteiger partial charge in [-0.3, -0.25) is 4.72 Å². The minimum atomic E-state index is -3.69. The summed E-state index contributed by atoms with van der Waals surface area (Å²) in [7, 11) is -1.93. The van der Waals surface area contributed by atoms with Gasteiger partial charge in [0.2, 0.25) is 0 Å². The minimum Gasteiger partial charge on any atom is -0.451 e. The molecule has 0 aliphatic carbocycles. The van der Waals surface area contributed by atoms with E-state index in [0.29, 0.717) is 18.0 Å². The first-order valence-electron chi connectivity index (χ1n) is 6.06. The van der Waals surface area contributed by atoms with Crippen molar-refractivity contribution in [1.82, 2.24) is 5.32 Å². The lowest BCUT2D eigenvalue weighted by Crippen LogP contribution is -2.12. The second-order valence-corrected chi connectivity index (χ2v) is 7.47. The highest BCUT2D eigenvalue weighted by molar-refractivity contribution is 9.10. The molecular weight excluding hydrogens is 376 g/mol. The fourth-order valence-electron chi connectivity index (χ4n) is 1.74. The van der Waals surface area contributed by atoms with Crippen molar-refractivity contribution < 1.29 is 12.8 Å². The summed E-state index contributed by atoms with van der Waals surface area (Å²) in [6, 6.07) is 8.72. The Labute approximate surface area is 136 Å². The Morgan fingerprint density at radius 2 is 2.10 bits per heavy atom. The second kappa shape index (κ2) is 6.87. The number of nitrogens with one attached hydrogen (secondary N) is 2. The third-order valence-electron chi connectivity index (χ3n) is 2.67. The lowest BCUT2D eigenvalue weighted by atomic mass is 10.3. The van der Waals surface area contributed by atoms with Gasteiger partial charge < -0.3 is 9.73 Å². The van der Waals surface area contributed by atoms with Crippen LogP contribution >= 0.6 is 27.7 Å².